The van der Waals surface area contributed by atoms with E-state index in [4.69, 9.17) is 4.74 Å². The lowest BCUT2D eigenvalue weighted by molar-refractivity contribution is 0.0341. The smallest absolute Gasteiger partial charge is 0.0626 e. The molecule has 0 radical (unpaired) electrons. The van der Waals surface area contributed by atoms with Crippen molar-refractivity contribution in [3.63, 3.8) is 0 Å². The molecule has 0 amide bonds. The Morgan fingerprint density at radius 1 is 1.33 bits per heavy atom. The Bertz CT molecular complexity index is 367. The van der Waals surface area contributed by atoms with E-state index >= 15 is 0 Å². The van der Waals surface area contributed by atoms with Gasteiger partial charge in [-0.3, -0.25) is 9.88 Å². The van der Waals surface area contributed by atoms with Crippen LogP contribution >= 0.6 is 0 Å². The first-order valence-corrected chi connectivity index (χ1v) is 6.80. The Labute approximate surface area is 109 Å². The number of ether oxygens (including phenoxy) is 1. The minimum Gasteiger partial charge on any atom is -0.379 e. The summed E-state index contributed by atoms with van der Waals surface area (Å²) >= 11 is 0. The van der Waals surface area contributed by atoms with Crippen LogP contribution in [0.15, 0.2) is 24.4 Å². The van der Waals surface area contributed by atoms with E-state index in [1.807, 2.05) is 6.20 Å². The van der Waals surface area contributed by atoms with Gasteiger partial charge < -0.3 is 4.74 Å². The number of rotatable bonds is 5. The molecule has 0 unspecified atom stereocenters. The standard InChI is InChI=1S/C15H22N2O/c1-2-3-4-5-15-7-6-14(12-16-15)13-17-8-10-18-11-9-17/h4-7,12H,2-3,8-11,13H2,1H3/b5-4+. The van der Waals surface area contributed by atoms with Crippen molar-refractivity contribution in [2.45, 2.75) is 26.3 Å². The van der Waals surface area contributed by atoms with E-state index in [0.29, 0.717) is 0 Å². The number of morpholine rings is 1. The molecule has 3 nitrogen and oxygen atoms in total. The van der Waals surface area contributed by atoms with Gasteiger partial charge in [0.1, 0.15) is 0 Å². The van der Waals surface area contributed by atoms with E-state index in [2.05, 4.69) is 41.1 Å². The van der Waals surface area contributed by atoms with Gasteiger partial charge in [-0.15, -0.1) is 0 Å². The summed E-state index contributed by atoms with van der Waals surface area (Å²) in [5.41, 5.74) is 2.33. The Kier molecular flexibility index (Phi) is 5.36. The lowest BCUT2D eigenvalue weighted by Gasteiger charge is -2.26. The van der Waals surface area contributed by atoms with Crippen molar-refractivity contribution in [1.29, 1.82) is 0 Å². The molecule has 0 bridgehead atoms. The van der Waals surface area contributed by atoms with Crippen molar-refractivity contribution < 1.29 is 4.74 Å². The monoisotopic (exact) mass is 246 g/mol. The number of allylic oxidation sites excluding steroid dienone is 1. The summed E-state index contributed by atoms with van der Waals surface area (Å²) in [5.74, 6) is 0. The van der Waals surface area contributed by atoms with Gasteiger partial charge in [-0.2, -0.15) is 0 Å². The number of aromatic nitrogens is 1. The maximum absolute atomic E-state index is 5.35. The highest BCUT2D eigenvalue weighted by atomic mass is 16.5. The second-order valence-electron chi connectivity index (χ2n) is 4.67. The summed E-state index contributed by atoms with van der Waals surface area (Å²) in [7, 11) is 0. The highest BCUT2D eigenvalue weighted by Gasteiger charge is 2.10. The van der Waals surface area contributed by atoms with Gasteiger partial charge in [0.05, 0.1) is 18.9 Å². The van der Waals surface area contributed by atoms with Crippen LogP contribution in [0.25, 0.3) is 6.08 Å². The van der Waals surface area contributed by atoms with E-state index in [1.165, 1.54) is 12.0 Å². The molecule has 1 fully saturated rings. The minimum atomic E-state index is 0.852. The fourth-order valence-electron chi connectivity index (χ4n) is 2.02. The highest BCUT2D eigenvalue weighted by Crippen LogP contribution is 2.08. The fourth-order valence-corrected chi connectivity index (χ4v) is 2.02. The molecule has 1 aliphatic rings. The van der Waals surface area contributed by atoms with Crippen LogP contribution in [0.4, 0.5) is 0 Å². The second kappa shape index (κ2) is 7.29. The first-order valence-electron chi connectivity index (χ1n) is 6.80. The Hall–Kier alpha value is -1.19. The van der Waals surface area contributed by atoms with Crippen LogP contribution in [0.3, 0.4) is 0 Å². The maximum atomic E-state index is 5.35. The Balaban J connectivity index is 1.86. The zero-order chi connectivity index (χ0) is 12.6. The summed E-state index contributed by atoms with van der Waals surface area (Å²) < 4.78 is 5.35. The van der Waals surface area contributed by atoms with Crippen LogP contribution in [-0.4, -0.2) is 36.2 Å². The largest absolute Gasteiger partial charge is 0.379 e. The first-order chi connectivity index (χ1) is 8.88. The summed E-state index contributed by atoms with van der Waals surface area (Å²) in [6.45, 7) is 6.92. The van der Waals surface area contributed by atoms with E-state index in [0.717, 1.165) is 45.0 Å². The normalized spacial score (nSPS) is 17.4. The van der Waals surface area contributed by atoms with E-state index in [1.54, 1.807) is 0 Å². The molecule has 98 valence electrons. The van der Waals surface area contributed by atoms with Gasteiger partial charge in [-0.1, -0.05) is 25.5 Å². The third kappa shape index (κ3) is 4.24. The topological polar surface area (TPSA) is 25.4 Å². The summed E-state index contributed by atoms with van der Waals surface area (Å²) in [4.78, 5) is 6.88. The molecule has 0 saturated carbocycles. The molecule has 1 aliphatic heterocycles. The molecular weight excluding hydrogens is 224 g/mol. The fraction of sp³-hybridized carbons (Fsp3) is 0.533. The molecule has 0 spiro atoms. The number of hydrogen-bond donors (Lipinski definition) is 0. The Morgan fingerprint density at radius 3 is 2.83 bits per heavy atom. The number of nitrogens with zero attached hydrogens (tertiary/aromatic N) is 2. The zero-order valence-corrected chi connectivity index (χ0v) is 11.1. The lowest BCUT2D eigenvalue weighted by atomic mass is 10.2. The molecule has 2 rings (SSSR count). The third-order valence-electron chi connectivity index (χ3n) is 3.10. The van der Waals surface area contributed by atoms with Crippen molar-refractivity contribution in [3.05, 3.63) is 35.7 Å². The highest BCUT2D eigenvalue weighted by molar-refractivity contribution is 5.44. The SMILES string of the molecule is CCC/C=C/c1ccc(CN2CCOCC2)cn1. The average Bonchev–Trinajstić information content (AvgIpc) is 2.42. The van der Waals surface area contributed by atoms with Crippen LogP contribution in [0.2, 0.25) is 0 Å². The van der Waals surface area contributed by atoms with Crippen molar-refractivity contribution in [3.8, 4) is 0 Å². The number of pyridine rings is 1. The maximum Gasteiger partial charge on any atom is 0.0626 e. The minimum absolute atomic E-state index is 0.852. The van der Waals surface area contributed by atoms with Gasteiger partial charge in [0.15, 0.2) is 0 Å². The molecule has 1 aromatic heterocycles. The molecule has 1 aromatic rings. The third-order valence-corrected chi connectivity index (χ3v) is 3.10. The van der Waals surface area contributed by atoms with Crippen LogP contribution in [0.1, 0.15) is 31.0 Å². The van der Waals surface area contributed by atoms with Crippen molar-refractivity contribution in [2.75, 3.05) is 26.3 Å². The average molecular weight is 246 g/mol. The van der Waals surface area contributed by atoms with Crippen molar-refractivity contribution in [1.82, 2.24) is 9.88 Å². The van der Waals surface area contributed by atoms with Gasteiger partial charge in [-0.25, -0.2) is 0 Å². The van der Waals surface area contributed by atoms with Crippen molar-refractivity contribution >= 4 is 6.08 Å². The molecule has 3 heteroatoms. The molecule has 1 saturated heterocycles. The number of unbranched alkanes of at least 4 members (excludes halogenated alkanes) is 1. The first kappa shape index (κ1) is 13.2. The predicted octanol–water partition coefficient (Wildman–Crippen LogP) is 2.73. The van der Waals surface area contributed by atoms with Gasteiger partial charge in [0.25, 0.3) is 0 Å². The molecule has 0 atom stereocenters. The molecular formula is C15H22N2O. The predicted molar refractivity (Wildman–Crippen MR) is 74.3 cm³/mol. The molecule has 0 aromatic carbocycles. The van der Waals surface area contributed by atoms with Crippen LogP contribution in [0.5, 0.6) is 0 Å². The van der Waals surface area contributed by atoms with Gasteiger partial charge in [-0.05, 0) is 24.1 Å². The molecule has 2 heterocycles. The summed E-state index contributed by atoms with van der Waals surface area (Å²) in [6.07, 6.45) is 8.58. The molecule has 0 N–H and O–H groups in total. The van der Waals surface area contributed by atoms with Gasteiger partial charge in [0, 0.05) is 25.8 Å². The quantitative estimate of drug-likeness (QED) is 0.798. The second-order valence-corrected chi connectivity index (χ2v) is 4.67. The summed E-state index contributed by atoms with van der Waals surface area (Å²) in [5, 5.41) is 0. The van der Waals surface area contributed by atoms with E-state index < -0.39 is 0 Å². The van der Waals surface area contributed by atoms with E-state index in [9.17, 15) is 0 Å². The van der Waals surface area contributed by atoms with E-state index in [-0.39, 0.29) is 0 Å². The molecule has 0 aliphatic carbocycles. The molecule has 18 heavy (non-hydrogen) atoms. The zero-order valence-electron chi connectivity index (χ0n) is 11.1. The lowest BCUT2D eigenvalue weighted by Crippen LogP contribution is -2.35. The van der Waals surface area contributed by atoms with Crippen LogP contribution < -0.4 is 0 Å². The van der Waals surface area contributed by atoms with Crippen LogP contribution in [0, 0.1) is 0 Å². The van der Waals surface area contributed by atoms with Crippen molar-refractivity contribution in [2.24, 2.45) is 0 Å². The van der Waals surface area contributed by atoms with Gasteiger partial charge in [0.2, 0.25) is 0 Å². The summed E-state index contributed by atoms with van der Waals surface area (Å²) in [6, 6.07) is 4.27. The number of hydrogen-bond acceptors (Lipinski definition) is 3. The van der Waals surface area contributed by atoms with Crippen LogP contribution in [-0.2, 0) is 11.3 Å². The van der Waals surface area contributed by atoms with Gasteiger partial charge >= 0.3 is 0 Å². The Morgan fingerprint density at radius 2 is 2.17 bits per heavy atom.